The van der Waals surface area contributed by atoms with Crippen molar-refractivity contribution < 1.29 is 19.8 Å². The second-order valence-corrected chi connectivity index (χ2v) is 4.96. The molecule has 8 heteroatoms. The highest BCUT2D eigenvalue weighted by molar-refractivity contribution is 6.02. The smallest absolute Gasteiger partial charge is 0.407 e. The average Bonchev–Trinajstić information content (AvgIpc) is 2.45. The zero-order valence-corrected chi connectivity index (χ0v) is 10.6. The number of piperazine rings is 1. The third-order valence-electron chi connectivity index (χ3n) is 3.73. The van der Waals surface area contributed by atoms with Crippen LogP contribution in [0.4, 0.5) is 4.79 Å². The van der Waals surface area contributed by atoms with Crippen LogP contribution < -0.4 is 0 Å². The van der Waals surface area contributed by atoms with Gasteiger partial charge in [0.2, 0.25) is 0 Å². The number of aliphatic imine (C=N–C) groups is 2. The average molecular weight is 278 g/mol. The number of hydrogen-bond donors (Lipinski definition) is 2. The van der Waals surface area contributed by atoms with Crippen LogP contribution in [-0.2, 0) is 4.79 Å². The number of carboxylic acids is 1. The van der Waals surface area contributed by atoms with Crippen molar-refractivity contribution in [3.63, 3.8) is 0 Å². The maximum absolute atomic E-state index is 11.0. The summed E-state index contributed by atoms with van der Waals surface area (Å²) in [7, 11) is 0. The summed E-state index contributed by atoms with van der Waals surface area (Å²) < 4.78 is 0. The number of fused-ring (bicyclic) bond motifs is 3. The first-order valence-electron chi connectivity index (χ1n) is 6.32. The third-order valence-corrected chi connectivity index (χ3v) is 3.73. The first-order valence-corrected chi connectivity index (χ1v) is 6.32. The second kappa shape index (κ2) is 4.62. The third kappa shape index (κ3) is 2.02. The van der Waals surface area contributed by atoms with Crippen molar-refractivity contribution in [3.8, 4) is 0 Å². The fourth-order valence-electron chi connectivity index (χ4n) is 2.64. The van der Waals surface area contributed by atoms with E-state index >= 15 is 0 Å². The van der Waals surface area contributed by atoms with Crippen molar-refractivity contribution in [2.75, 3.05) is 19.6 Å². The van der Waals surface area contributed by atoms with Crippen LogP contribution >= 0.6 is 0 Å². The van der Waals surface area contributed by atoms with Gasteiger partial charge in [0.05, 0.1) is 23.9 Å². The quantitative estimate of drug-likeness (QED) is 0.706. The lowest BCUT2D eigenvalue weighted by molar-refractivity contribution is -0.139. The highest BCUT2D eigenvalue weighted by Crippen LogP contribution is 2.27. The summed E-state index contributed by atoms with van der Waals surface area (Å²) >= 11 is 0. The maximum atomic E-state index is 11.0. The molecule has 3 rings (SSSR count). The Kier molecular flexibility index (Phi) is 2.92. The highest BCUT2D eigenvalue weighted by Gasteiger charge is 2.37. The van der Waals surface area contributed by atoms with Gasteiger partial charge in [0, 0.05) is 31.9 Å². The molecule has 1 saturated heterocycles. The van der Waals surface area contributed by atoms with Crippen LogP contribution in [-0.4, -0.2) is 69.8 Å². The van der Waals surface area contributed by atoms with Gasteiger partial charge >= 0.3 is 12.1 Å². The number of amides is 1. The van der Waals surface area contributed by atoms with Gasteiger partial charge in [-0.3, -0.25) is 14.8 Å². The predicted octanol–water partition coefficient (Wildman–Crippen LogP) is 0.0794. The Bertz CT molecular complexity index is 554. The summed E-state index contributed by atoms with van der Waals surface area (Å²) in [5, 5.41) is 18.0. The second-order valence-electron chi connectivity index (χ2n) is 4.96. The Morgan fingerprint density at radius 2 is 2.10 bits per heavy atom. The lowest BCUT2D eigenvalue weighted by Crippen LogP contribution is -2.54. The maximum Gasteiger partial charge on any atom is 0.407 e. The molecule has 0 aliphatic carbocycles. The summed E-state index contributed by atoms with van der Waals surface area (Å²) in [6.07, 6.45) is 2.21. The topological polar surface area (TPSA) is 106 Å². The monoisotopic (exact) mass is 278 g/mol. The molecular weight excluding hydrogens is 264 g/mol. The van der Waals surface area contributed by atoms with Gasteiger partial charge in [-0.1, -0.05) is 0 Å². The van der Waals surface area contributed by atoms with E-state index in [1.165, 1.54) is 11.1 Å². The van der Waals surface area contributed by atoms with Gasteiger partial charge in [-0.05, 0) is 0 Å². The summed E-state index contributed by atoms with van der Waals surface area (Å²) in [5.41, 5.74) is 1.53. The largest absolute Gasteiger partial charge is 0.481 e. The number of carbonyl (C=O) groups is 2. The van der Waals surface area contributed by atoms with Crippen LogP contribution in [0, 0.1) is 5.92 Å². The molecule has 3 heterocycles. The Balaban J connectivity index is 1.83. The zero-order chi connectivity index (χ0) is 14.3. The fourth-order valence-corrected chi connectivity index (χ4v) is 2.64. The van der Waals surface area contributed by atoms with Crippen LogP contribution in [0.1, 0.15) is 6.42 Å². The van der Waals surface area contributed by atoms with E-state index in [1.54, 1.807) is 6.20 Å². The van der Waals surface area contributed by atoms with Crippen LogP contribution in [0.3, 0.4) is 0 Å². The van der Waals surface area contributed by atoms with E-state index in [0.717, 1.165) is 11.4 Å². The lowest BCUT2D eigenvalue weighted by Gasteiger charge is -2.43. The minimum Gasteiger partial charge on any atom is -0.481 e. The van der Waals surface area contributed by atoms with Gasteiger partial charge in [0.15, 0.2) is 6.17 Å². The number of hydrogen-bond acceptors (Lipinski definition) is 5. The van der Waals surface area contributed by atoms with Crippen molar-refractivity contribution in [2.45, 2.75) is 12.6 Å². The molecule has 0 bridgehead atoms. The van der Waals surface area contributed by atoms with Crippen molar-refractivity contribution >= 4 is 24.0 Å². The molecule has 2 unspecified atom stereocenters. The molecule has 20 heavy (non-hydrogen) atoms. The minimum atomic E-state index is -0.946. The molecule has 0 saturated carbocycles. The van der Waals surface area contributed by atoms with E-state index in [2.05, 4.69) is 9.98 Å². The number of aliphatic carboxylic acids is 1. The number of rotatable bonds is 1. The van der Waals surface area contributed by atoms with Gasteiger partial charge in [0.25, 0.3) is 0 Å². The van der Waals surface area contributed by atoms with Gasteiger partial charge in [-0.15, -0.1) is 0 Å². The van der Waals surface area contributed by atoms with Crippen LogP contribution in [0.25, 0.3) is 0 Å². The Morgan fingerprint density at radius 3 is 2.80 bits per heavy atom. The molecule has 0 aromatic carbocycles. The molecule has 2 atom stereocenters. The summed E-state index contributed by atoms with van der Waals surface area (Å²) in [6.45, 7) is 1.24. The standard InChI is InChI=1S/C12H14N4O4/c17-11(18)7-3-9-10(14-4-7)16-2-1-15(12(19)20)6-8(16)5-13-9/h4-5,7,10H,1-3,6H2,(H,17,18)(H,19,20). The highest BCUT2D eigenvalue weighted by atomic mass is 16.4. The van der Waals surface area contributed by atoms with Gasteiger partial charge < -0.3 is 20.0 Å². The predicted molar refractivity (Wildman–Crippen MR) is 69.8 cm³/mol. The summed E-state index contributed by atoms with van der Waals surface area (Å²) in [5.74, 6) is -1.53. The molecule has 1 amide bonds. The van der Waals surface area contributed by atoms with Gasteiger partial charge in [-0.2, -0.15) is 0 Å². The number of carboxylic acid groups (broad SMARTS) is 2. The molecule has 106 valence electrons. The molecule has 1 fully saturated rings. The minimum absolute atomic E-state index is 0.276. The van der Waals surface area contributed by atoms with E-state index in [1.807, 2.05) is 4.90 Å². The number of nitrogens with zero attached hydrogens (tertiary/aromatic N) is 4. The van der Waals surface area contributed by atoms with Crippen molar-refractivity contribution in [1.29, 1.82) is 0 Å². The molecule has 8 nitrogen and oxygen atoms in total. The van der Waals surface area contributed by atoms with E-state index in [-0.39, 0.29) is 6.17 Å². The molecule has 3 aliphatic heterocycles. The van der Waals surface area contributed by atoms with Crippen molar-refractivity contribution in [1.82, 2.24) is 9.80 Å². The summed E-state index contributed by atoms with van der Waals surface area (Å²) in [4.78, 5) is 33.9. The molecule has 0 aromatic rings. The van der Waals surface area contributed by atoms with Gasteiger partial charge in [0.1, 0.15) is 0 Å². The Morgan fingerprint density at radius 1 is 1.30 bits per heavy atom. The Labute approximate surface area is 114 Å². The molecule has 0 spiro atoms. The van der Waals surface area contributed by atoms with E-state index in [4.69, 9.17) is 10.2 Å². The van der Waals surface area contributed by atoms with E-state index in [0.29, 0.717) is 26.1 Å². The first kappa shape index (κ1) is 12.6. The van der Waals surface area contributed by atoms with Crippen molar-refractivity contribution in [3.05, 3.63) is 11.9 Å². The van der Waals surface area contributed by atoms with E-state index in [9.17, 15) is 9.59 Å². The zero-order valence-electron chi connectivity index (χ0n) is 10.6. The van der Waals surface area contributed by atoms with Crippen LogP contribution in [0.5, 0.6) is 0 Å². The molecule has 0 radical (unpaired) electrons. The summed E-state index contributed by atoms with van der Waals surface area (Å²) in [6, 6.07) is 0. The Hall–Kier alpha value is -2.38. The van der Waals surface area contributed by atoms with Crippen LogP contribution in [0.15, 0.2) is 21.9 Å². The van der Waals surface area contributed by atoms with E-state index < -0.39 is 18.0 Å². The molecule has 0 aromatic heterocycles. The molecular formula is C12H14N4O4. The lowest BCUT2D eigenvalue weighted by atomic mass is 9.96. The molecule has 3 aliphatic rings. The van der Waals surface area contributed by atoms with Gasteiger partial charge in [-0.25, -0.2) is 4.79 Å². The van der Waals surface area contributed by atoms with Crippen molar-refractivity contribution in [2.24, 2.45) is 15.9 Å². The SMILES string of the molecule is O=C(O)C1C=NC2C(=NC=C3CN(C(=O)O)CCN32)C1. The molecule has 2 N–H and O–H groups in total. The fraction of sp³-hybridized carbons (Fsp3) is 0.500. The first-order chi connectivity index (χ1) is 9.56. The normalized spacial score (nSPS) is 28.2. The van der Waals surface area contributed by atoms with Crippen LogP contribution in [0.2, 0.25) is 0 Å².